The molecule has 0 radical (unpaired) electrons. The minimum absolute atomic E-state index is 0.0725. The van der Waals surface area contributed by atoms with Gasteiger partial charge in [-0.2, -0.15) is 0 Å². The molecule has 230 valence electrons. The second-order valence-electron chi connectivity index (χ2n) is 11.3. The van der Waals surface area contributed by atoms with Crippen molar-refractivity contribution in [3.8, 4) is 17.2 Å². The molecule has 0 amide bonds. The van der Waals surface area contributed by atoms with E-state index in [2.05, 4.69) is 5.32 Å². The minimum atomic E-state index is -0.872. The first-order valence-electron chi connectivity index (χ1n) is 14.0. The van der Waals surface area contributed by atoms with Gasteiger partial charge in [-0.25, -0.2) is 4.79 Å². The molecular weight excluding hydrogens is 542 g/mol. The van der Waals surface area contributed by atoms with Crippen molar-refractivity contribution in [2.75, 3.05) is 13.7 Å². The zero-order valence-corrected chi connectivity index (χ0v) is 25.8. The molecule has 0 aliphatic heterocycles. The Hall–Kier alpha value is -3.92. The van der Waals surface area contributed by atoms with Crippen LogP contribution in [0.2, 0.25) is 0 Å². The monoisotopic (exact) mass is 585 g/mol. The summed E-state index contributed by atoms with van der Waals surface area (Å²) >= 11 is 0. The van der Waals surface area contributed by atoms with E-state index < -0.39 is 47.0 Å². The normalized spacial score (nSPS) is 13.0. The van der Waals surface area contributed by atoms with Crippen molar-refractivity contribution in [2.24, 2.45) is 10.8 Å². The second kappa shape index (κ2) is 15.3. The number of methoxy groups -OCH3 is 1. The Morgan fingerprint density at radius 1 is 0.810 bits per heavy atom. The van der Waals surface area contributed by atoms with Gasteiger partial charge >= 0.3 is 24.1 Å². The van der Waals surface area contributed by atoms with Crippen LogP contribution >= 0.6 is 0 Å². The average Bonchev–Trinajstić information content (AvgIpc) is 2.96. The van der Waals surface area contributed by atoms with Crippen LogP contribution in [0.1, 0.15) is 66.9 Å². The highest BCUT2D eigenvalue weighted by Gasteiger charge is 2.32. The summed E-state index contributed by atoms with van der Waals surface area (Å²) in [6.45, 7) is 12.6. The Labute approximate surface area is 248 Å². The van der Waals surface area contributed by atoms with Gasteiger partial charge in [-0.05, 0) is 83.7 Å². The van der Waals surface area contributed by atoms with Gasteiger partial charge in [-0.1, -0.05) is 38.1 Å². The Morgan fingerprint density at radius 3 is 1.93 bits per heavy atom. The van der Waals surface area contributed by atoms with Crippen molar-refractivity contribution in [2.45, 2.75) is 79.9 Å². The molecule has 0 aromatic heterocycles. The Morgan fingerprint density at radius 2 is 1.38 bits per heavy atom. The summed E-state index contributed by atoms with van der Waals surface area (Å²) in [5, 5.41) is 3.06. The van der Waals surface area contributed by atoms with Gasteiger partial charge in [0.15, 0.2) is 11.5 Å². The average molecular weight is 586 g/mol. The Kier molecular flexibility index (Phi) is 12.5. The Bertz CT molecular complexity index is 1220. The third-order valence-corrected chi connectivity index (χ3v) is 7.11. The zero-order valence-electron chi connectivity index (χ0n) is 25.8. The van der Waals surface area contributed by atoms with Gasteiger partial charge < -0.3 is 29.0 Å². The lowest BCUT2D eigenvalue weighted by molar-refractivity contribution is -0.147. The van der Waals surface area contributed by atoms with Gasteiger partial charge in [0.25, 0.3) is 0 Å². The SMILES string of the molecule is CCC(C)(C)C(=O)Oc1ccc(C[C@H](NCC(C)OC(=O)Oc2ccccc2)C(=O)OC)cc1OC(=O)C(C)(C)CC. The number of hydrogen-bond donors (Lipinski definition) is 1. The predicted molar refractivity (Wildman–Crippen MR) is 156 cm³/mol. The van der Waals surface area contributed by atoms with E-state index in [0.29, 0.717) is 24.2 Å². The smallest absolute Gasteiger partial charge is 0.468 e. The number of para-hydroxylation sites is 1. The molecule has 1 unspecified atom stereocenters. The van der Waals surface area contributed by atoms with E-state index in [0.717, 1.165) is 0 Å². The maximum absolute atomic E-state index is 12.9. The number of ether oxygens (including phenoxy) is 5. The van der Waals surface area contributed by atoms with Crippen molar-refractivity contribution in [1.29, 1.82) is 0 Å². The van der Waals surface area contributed by atoms with Gasteiger partial charge in [-0.15, -0.1) is 0 Å². The summed E-state index contributed by atoms with van der Waals surface area (Å²) in [5.74, 6) is -0.958. The van der Waals surface area contributed by atoms with Crippen LogP contribution in [0, 0.1) is 10.8 Å². The van der Waals surface area contributed by atoms with E-state index in [-0.39, 0.29) is 24.5 Å². The standard InChI is InChI=1S/C32H43NO9/c1-9-31(4,5)28(35)41-25-17-16-22(19-26(25)42-29(36)32(6,7)10-2)18-24(27(34)38-8)33-20-21(3)39-30(37)40-23-14-12-11-13-15-23/h11-17,19,21,24,33H,9-10,18,20H2,1-8H3/t21?,24-/m0/s1. The van der Waals surface area contributed by atoms with Crippen LogP contribution in [0.5, 0.6) is 17.2 Å². The maximum Gasteiger partial charge on any atom is 0.514 e. The quantitative estimate of drug-likeness (QED) is 0.169. The lowest BCUT2D eigenvalue weighted by Gasteiger charge is -2.24. The van der Waals surface area contributed by atoms with Crippen molar-refractivity contribution >= 4 is 24.1 Å². The second-order valence-corrected chi connectivity index (χ2v) is 11.3. The fourth-order valence-corrected chi connectivity index (χ4v) is 3.35. The Balaban J connectivity index is 2.20. The third kappa shape index (κ3) is 10.2. The van der Waals surface area contributed by atoms with E-state index in [1.165, 1.54) is 7.11 Å². The van der Waals surface area contributed by atoms with E-state index in [1.54, 1.807) is 83.1 Å². The number of nitrogens with one attached hydrogen (secondary N) is 1. The molecular formula is C32H43NO9. The van der Waals surface area contributed by atoms with E-state index in [9.17, 15) is 19.2 Å². The zero-order chi connectivity index (χ0) is 31.5. The molecule has 0 spiro atoms. The highest BCUT2D eigenvalue weighted by Crippen LogP contribution is 2.34. The highest BCUT2D eigenvalue weighted by molar-refractivity contribution is 5.81. The largest absolute Gasteiger partial charge is 0.514 e. The van der Waals surface area contributed by atoms with Crippen LogP contribution in [0.3, 0.4) is 0 Å². The molecule has 0 saturated carbocycles. The number of carbonyl (C=O) groups excluding carboxylic acids is 4. The van der Waals surface area contributed by atoms with Gasteiger partial charge in [0, 0.05) is 6.54 Å². The molecule has 10 nitrogen and oxygen atoms in total. The van der Waals surface area contributed by atoms with Crippen LogP contribution in [0.15, 0.2) is 48.5 Å². The summed E-state index contributed by atoms with van der Waals surface area (Å²) in [5.41, 5.74) is -0.899. The molecule has 2 aromatic rings. The number of hydrogen-bond acceptors (Lipinski definition) is 10. The van der Waals surface area contributed by atoms with Crippen LogP contribution in [0.25, 0.3) is 0 Å². The summed E-state index contributed by atoms with van der Waals surface area (Å²) in [6, 6.07) is 12.5. The van der Waals surface area contributed by atoms with Crippen molar-refractivity contribution in [3.05, 3.63) is 54.1 Å². The molecule has 42 heavy (non-hydrogen) atoms. The van der Waals surface area contributed by atoms with Crippen LogP contribution < -0.4 is 19.5 Å². The van der Waals surface area contributed by atoms with Gasteiger partial charge in [0.1, 0.15) is 17.9 Å². The van der Waals surface area contributed by atoms with Gasteiger partial charge in [0.2, 0.25) is 0 Å². The van der Waals surface area contributed by atoms with Crippen LogP contribution in [0.4, 0.5) is 4.79 Å². The number of rotatable bonds is 14. The van der Waals surface area contributed by atoms with E-state index in [1.807, 2.05) is 13.8 Å². The fourth-order valence-electron chi connectivity index (χ4n) is 3.35. The van der Waals surface area contributed by atoms with Crippen molar-refractivity contribution < 1.29 is 42.9 Å². The molecule has 2 atom stereocenters. The highest BCUT2D eigenvalue weighted by atomic mass is 16.7. The van der Waals surface area contributed by atoms with E-state index >= 15 is 0 Å². The first kappa shape index (κ1) is 34.3. The molecule has 0 bridgehead atoms. The lowest BCUT2D eigenvalue weighted by Crippen LogP contribution is -2.43. The summed E-state index contributed by atoms with van der Waals surface area (Å²) in [4.78, 5) is 50.4. The molecule has 0 fully saturated rings. The lowest BCUT2D eigenvalue weighted by atomic mass is 9.90. The summed E-state index contributed by atoms with van der Waals surface area (Å²) in [6.07, 6.45) is -0.269. The van der Waals surface area contributed by atoms with Gasteiger partial charge in [-0.3, -0.25) is 14.4 Å². The predicted octanol–water partition coefficient (Wildman–Crippen LogP) is 5.65. The molecule has 0 aliphatic carbocycles. The number of benzene rings is 2. The minimum Gasteiger partial charge on any atom is -0.468 e. The van der Waals surface area contributed by atoms with Crippen LogP contribution in [-0.2, 0) is 30.3 Å². The molecule has 0 saturated heterocycles. The van der Waals surface area contributed by atoms with Crippen LogP contribution in [-0.4, -0.2) is 49.9 Å². The first-order chi connectivity index (χ1) is 19.7. The molecule has 10 heteroatoms. The van der Waals surface area contributed by atoms with Gasteiger partial charge in [0.05, 0.1) is 17.9 Å². The molecule has 1 N–H and O–H groups in total. The summed E-state index contributed by atoms with van der Waals surface area (Å²) < 4.78 is 26.8. The first-order valence-corrected chi connectivity index (χ1v) is 14.0. The maximum atomic E-state index is 12.9. The van der Waals surface area contributed by atoms with Crippen molar-refractivity contribution in [1.82, 2.24) is 5.32 Å². The summed E-state index contributed by atoms with van der Waals surface area (Å²) in [7, 11) is 1.27. The molecule has 2 aromatic carbocycles. The molecule has 0 heterocycles. The molecule has 0 aliphatic rings. The fraction of sp³-hybridized carbons (Fsp3) is 0.500. The molecule has 2 rings (SSSR count). The number of esters is 3. The van der Waals surface area contributed by atoms with Crippen molar-refractivity contribution in [3.63, 3.8) is 0 Å². The topological polar surface area (TPSA) is 126 Å². The van der Waals surface area contributed by atoms with E-state index in [4.69, 9.17) is 23.7 Å². The number of carbonyl (C=O) groups is 4. The third-order valence-electron chi connectivity index (χ3n) is 7.11.